The maximum Gasteiger partial charge on any atom is 0.264 e. The lowest BCUT2D eigenvalue weighted by Gasteiger charge is -2.26. The molecule has 0 spiro atoms. The van der Waals surface area contributed by atoms with Gasteiger partial charge in [-0.25, -0.2) is 17.8 Å². The van der Waals surface area contributed by atoms with Crippen molar-refractivity contribution in [2.24, 2.45) is 0 Å². The summed E-state index contributed by atoms with van der Waals surface area (Å²) < 4.78 is 54.4. The minimum Gasteiger partial charge on any atom is -0.376 e. The molecule has 3 aromatic rings. The Morgan fingerprint density at radius 3 is 2.54 bits per heavy atom. The average Bonchev–Trinajstić information content (AvgIpc) is 3.69. The van der Waals surface area contributed by atoms with Crippen molar-refractivity contribution < 1.29 is 27.1 Å². The van der Waals surface area contributed by atoms with Gasteiger partial charge in [-0.3, -0.25) is 4.79 Å². The number of rotatable bonds is 10. The third-order valence-electron chi connectivity index (χ3n) is 6.71. The molecule has 5 rings (SSSR count). The summed E-state index contributed by atoms with van der Waals surface area (Å²) >= 11 is 1.36. The molecule has 2 atom stereocenters. The maximum atomic E-state index is 14.3. The van der Waals surface area contributed by atoms with Gasteiger partial charge < -0.3 is 18.9 Å². The molecule has 4 heterocycles. The van der Waals surface area contributed by atoms with Crippen molar-refractivity contribution in [1.82, 2.24) is 14.5 Å². The molecule has 2 aliphatic heterocycles. The van der Waals surface area contributed by atoms with Crippen LogP contribution in [0.2, 0.25) is 0 Å². The summed E-state index contributed by atoms with van der Waals surface area (Å²) in [6.07, 6.45) is 4.80. The summed E-state index contributed by atoms with van der Waals surface area (Å²) in [6.45, 7) is 2.15. The van der Waals surface area contributed by atoms with Crippen LogP contribution in [0.3, 0.4) is 0 Å². The van der Waals surface area contributed by atoms with E-state index in [1.165, 1.54) is 35.7 Å². The van der Waals surface area contributed by atoms with Gasteiger partial charge in [-0.1, -0.05) is 24.3 Å². The molecule has 0 radical (unpaired) electrons. The highest BCUT2D eigenvalue weighted by Crippen LogP contribution is 2.25. The molecule has 8 nitrogen and oxygen atoms in total. The maximum absolute atomic E-state index is 14.3. The van der Waals surface area contributed by atoms with E-state index in [0.717, 1.165) is 25.7 Å². The zero-order chi connectivity index (χ0) is 25.8. The molecule has 2 saturated heterocycles. The minimum atomic E-state index is -3.98. The predicted molar refractivity (Wildman–Crippen MR) is 137 cm³/mol. The smallest absolute Gasteiger partial charge is 0.264 e. The molecule has 2 fully saturated rings. The number of aromatic nitrogens is 2. The van der Waals surface area contributed by atoms with E-state index < -0.39 is 21.4 Å². The van der Waals surface area contributed by atoms with Crippen molar-refractivity contribution in [3.63, 3.8) is 0 Å². The van der Waals surface area contributed by atoms with E-state index in [-0.39, 0.29) is 35.4 Å². The molecule has 37 heavy (non-hydrogen) atoms. The van der Waals surface area contributed by atoms with Crippen molar-refractivity contribution >= 4 is 27.1 Å². The van der Waals surface area contributed by atoms with Crippen LogP contribution in [0.1, 0.15) is 46.6 Å². The number of amides is 1. The lowest BCUT2D eigenvalue weighted by atomic mass is 10.2. The van der Waals surface area contributed by atoms with Crippen LogP contribution in [0.15, 0.2) is 53.1 Å². The summed E-state index contributed by atoms with van der Waals surface area (Å²) in [7, 11) is -3.98. The van der Waals surface area contributed by atoms with Gasteiger partial charge in [-0.05, 0) is 43.2 Å². The first-order valence-corrected chi connectivity index (χ1v) is 15.0. The molecule has 1 amide bonds. The first kappa shape index (κ1) is 26.0. The predicted octanol–water partition coefficient (Wildman–Crippen LogP) is 4.06. The Labute approximate surface area is 219 Å². The number of nitrogens with zero attached hydrogens (tertiary/aromatic N) is 3. The van der Waals surface area contributed by atoms with Crippen molar-refractivity contribution in [1.29, 1.82) is 0 Å². The molecule has 11 heteroatoms. The lowest BCUT2D eigenvalue weighted by Crippen LogP contribution is -2.37. The number of hydrogen-bond donors (Lipinski definition) is 0. The number of hydrogen-bond acceptors (Lipinski definition) is 7. The van der Waals surface area contributed by atoms with E-state index in [0.29, 0.717) is 36.9 Å². The highest BCUT2D eigenvalue weighted by atomic mass is 32.2. The topological polar surface area (TPSA) is 90.7 Å². The summed E-state index contributed by atoms with van der Waals surface area (Å²) in [6, 6.07) is 9.45. The summed E-state index contributed by atoms with van der Waals surface area (Å²) in [4.78, 5) is 20.0. The fourth-order valence-electron chi connectivity index (χ4n) is 4.84. The molecular weight excluding hydrogens is 517 g/mol. The Kier molecular flexibility index (Phi) is 8.04. The molecule has 198 valence electrons. The molecule has 0 saturated carbocycles. The van der Waals surface area contributed by atoms with Crippen molar-refractivity contribution in [2.45, 2.75) is 61.9 Å². The van der Waals surface area contributed by atoms with Crippen molar-refractivity contribution in [3.05, 3.63) is 69.9 Å². The van der Waals surface area contributed by atoms with Crippen LogP contribution in [0.4, 0.5) is 4.39 Å². The first-order chi connectivity index (χ1) is 17.9. The Hall–Kier alpha value is -2.60. The van der Waals surface area contributed by atoms with E-state index in [2.05, 4.69) is 4.98 Å². The van der Waals surface area contributed by atoms with Gasteiger partial charge in [0.05, 0.1) is 47.8 Å². The number of carbonyl (C=O) groups excluding carboxylic acids is 1. The van der Waals surface area contributed by atoms with E-state index in [1.807, 2.05) is 11.4 Å². The zero-order valence-electron chi connectivity index (χ0n) is 20.4. The largest absolute Gasteiger partial charge is 0.376 e. The van der Waals surface area contributed by atoms with Crippen molar-refractivity contribution in [3.8, 4) is 0 Å². The monoisotopic (exact) mass is 547 g/mol. The second-order valence-electron chi connectivity index (χ2n) is 9.43. The summed E-state index contributed by atoms with van der Waals surface area (Å²) in [5.41, 5.74) is 0.675. The summed E-state index contributed by atoms with van der Waals surface area (Å²) in [5, 5.41) is 1.72. The zero-order valence-corrected chi connectivity index (χ0v) is 22.1. The van der Waals surface area contributed by atoms with Crippen LogP contribution < -0.4 is 0 Å². The van der Waals surface area contributed by atoms with Crippen LogP contribution in [0.5, 0.6) is 0 Å². The number of benzene rings is 1. The molecule has 2 aliphatic rings. The molecule has 2 unspecified atom stereocenters. The van der Waals surface area contributed by atoms with Gasteiger partial charge >= 0.3 is 0 Å². The van der Waals surface area contributed by atoms with Crippen molar-refractivity contribution in [2.75, 3.05) is 19.8 Å². The van der Waals surface area contributed by atoms with Crippen LogP contribution >= 0.6 is 11.3 Å². The van der Waals surface area contributed by atoms with Crippen LogP contribution in [0.25, 0.3) is 0 Å². The van der Waals surface area contributed by atoms with E-state index >= 15 is 0 Å². The lowest BCUT2D eigenvalue weighted by molar-refractivity contribution is 0.0500. The minimum absolute atomic E-state index is 0.0669. The number of thiophene rings is 1. The fraction of sp³-hybridized carbons (Fsp3) is 0.462. The van der Waals surface area contributed by atoms with E-state index in [4.69, 9.17) is 9.47 Å². The van der Waals surface area contributed by atoms with Gasteiger partial charge in [-0.2, -0.15) is 0 Å². The molecule has 0 aliphatic carbocycles. The van der Waals surface area contributed by atoms with E-state index in [9.17, 15) is 17.6 Å². The van der Waals surface area contributed by atoms with Crippen LogP contribution in [-0.2, 0) is 38.2 Å². The standard InChI is InChI=1S/C26H30FN3O5S2/c27-23-9-2-1-6-19(23)18-37(32,33)26-28-14-20(30(26)17-22-8-4-12-35-22)15-29(16-21-7-3-11-34-21)25(31)24-10-5-13-36-24/h1-2,5-6,9-10,13-14,21-22H,3-4,7-8,11-12,15-18H2. The SMILES string of the molecule is O=C(c1cccs1)N(Cc1cnc(S(=O)(=O)Cc2ccccc2F)n1CC1CCCO1)CC1CCCO1. The number of carbonyl (C=O) groups is 1. The second-order valence-corrected chi connectivity index (χ2v) is 12.3. The van der Waals surface area contributed by atoms with E-state index in [1.54, 1.807) is 21.6 Å². The Morgan fingerprint density at radius 1 is 1.11 bits per heavy atom. The van der Waals surface area contributed by atoms with Gasteiger partial charge in [0.25, 0.3) is 5.91 Å². The fourth-order valence-corrected chi connectivity index (χ4v) is 7.05. The highest BCUT2D eigenvalue weighted by Gasteiger charge is 2.30. The number of sulfone groups is 1. The molecular formula is C26H30FN3O5S2. The first-order valence-electron chi connectivity index (χ1n) is 12.5. The van der Waals surface area contributed by atoms with Gasteiger partial charge in [0, 0.05) is 25.3 Å². The highest BCUT2D eigenvalue weighted by molar-refractivity contribution is 7.90. The molecule has 2 aromatic heterocycles. The van der Waals surface area contributed by atoms with Gasteiger partial charge in [-0.15, -0.1) is 11.3 Å². The molecule has 0 N–H and O–H groups in total. The normalized spacial score (nSPS) is 19.9. The Balaban J connectivity index is 1.47. The van der Waals surface area contributed by atoms with Crippen LogP contribution in [-0.4, -0.2) is 60.7 Å². The third kappa shape index (κ3) is 6.11. The van der Waals surface area contributed by atoms with Gasteiger partial charge in [0.2, 0.25) is 15.0 Å². The number of halogens is 1. The van der Waals surface area contributed by atoms with Crippen LogP contribution in [0, 0.1) is 5.82 Å². The van der Waals surface area contributed by atoms with Gasteiger partial charge in [0.1, 0.15) is 5.82 Å². The number of ether oxygens (including phenoxy) is 2. The quantitative estimate of drug-likeness (QED) is 0.380. The molecule has 0 bridgehead atoms. The Bertz CT molecular complexity index is 1310. The van der Waals surface area contributed by atoms with Gasteiger partial charge in [0.15, 0.2) is 0 Å². The summed E-state index contributed by atoms with van der Waals surface area (Å²) in [5.74, 6) is -1.21. The Morgan fingerprint density at radius 2 is 1.86 bits per heavy atom. The average molecular weight is 548 g/mol. The molecule has 1 aromatic carbocycles. The third-order valence-corrected chi connectivity index (χ3v) is 9.14. The number of imidazole rings is 1. The second kappa shape index (κ2) is 11.4.